The average Bonchev–Trinajstić information content (AvgIpc) is 3.20. The van der Waals surface area contributed by atoms with Gasteiger partial charge in [0.2, 0.25) is 0 Å². The smallest absolute Gasteiger partial charge is 0.313 e. The Hall–Kier alpha value is -2.77. The number of anilines is 1. The molecule has 2 unspecified atom stereocenters. The summed E-state index contributed by atoms with van der Waals surface area (Å²) >= 11 is 0. The lowest BCUT2D eigenvalue weighted by Crippen LogP contribution is -2.42. The highest BCUT2D eigenvalue weighted by Crippen LogP contribution is 2.24. The predicted molar refractivity (Wildman–Crippen MR) is 84.9 cm³/mol. The molecule has 7 nitrogen and oxygen atoms in total. The maximum Gasteiger partial charge on any atom is 0.313 e. The van der Waals surface area contributed by atoms with E-state index in [1.165, 1.54) is 29.5 Å². The fourth-order valence-corrected chi connectivity index (χ4v) is 2.88. The predicted octanol–water partition coefficient (Wildman–Crippen LogP) is 1.65. The molecule has 0 spiro atoms. The molecule has 0 radical (unpaired) electrons. The minimum absolute atomic E-state index is 0.0228. The molecule has 2 atom stereocenters. The van der Waals surface area contributed by atoms with Crippen molar-refractivity contribution in [1.29, 1.82) is 0 Å². The van der Waals surface area contributed by atoms with E-state index in [0.717, 1.165) is 25.3 Å². The van der Waals surface area contributed by atoms with Gasteiger partial charge in [-0.05, 0) is 37.0 Å². The Morgan fingerprint density at radius 1 is 1.29 bits per heavy atom. The molecule has 24 heavy (non-hydrogen) atoms. The number of hydrogen-bond donors (Lipinski definition) is 2. The van der Waals surface area contributed by atoms with E-state index < -0.39 is 17.6 Å². The van der Waals surface area contributed by atoms with Crippen molar-refractivity contribution in [3.8, 4) is 5.69 Å². The Balaban J connectivity index is 1.64. The van der Waals surface area contributed by atoms with Gasteiger partial charge in [-0.1, -0.05) is 13.3 Å². The zero-order valence-corrected chi connectivity index (χ0v) is 13.2. The van der Waals surface area contributed by atoms with E-state index in [2.05, 4.69) is 20.7 Å². The summed E-state index contributed by atoms with van der Waals surface area (Å²) in [5.41, 5.74) is 0.408. The molecule has 1 aromatic carbocycles. The molecule has 2 amide bonds. The van der Waals surface area contributed by atoms with Crippen LogP contribution in [0.25, 0.3) is 5.69 Å². The van der Waals surface area contributed by atoms with Crippen LogP contribution in [0.15, 0.2) is 30.9 Å². The number of aromatic nitrogens is 3. The molecule has 0 bridgehead atoms. The fraction of sp³-hybridized carbons (Fsp3) is 0.375. The minimum Gasteiger partial charge on any atom is -0.345 e. The maximum absolute atomic E-state index is 14.1. The van der Waals surface area contributed by atoms with Crippen molar-refractivity contribution in [2.75, 3.05) is 5.32 Å². The van der Waals surface area contributed by atoms with E-state index in [1.54, 1.807) is 0 Å². The molecule has 8 heteroatoms. The largest absolute Gasteiger partial charge is 0.345 e. The number of benzene rings is 1. The van der Waals surface area contributed by atoms with Crippen molar-refractivity contribution in [3.05, 3.63) is 36.7 Å². The summed E-state index contributed by atoms with van der Waals surface area (Å²) in [7, 11) is 0. The summed E-state index contributed by atoms with van der Waals surface area (Å²) < 4.78 is 15.4. The second-order valence-corrected chi connectivity index (χ2v) is 5.95. The Kier molecular flexibility index (Phi) is 4.54. The third-order valence-electron chi connectivity index (χ3n) is 4.26. The van der Waals surface area contributed by atoms with E-state index in [0.29, 0.717) is 5.92 Å². The summed E-state index contributed by atoms with van der Waals surface area (Å²) in [6.45, 7) is 2.05. The highest BCUT2D eigenvalue weighted by atomic mass is 19.1. The molecule has 1 saturated carbocycles. The van der Waals surface area contributed by atoms with Gasteiger partial charge in [0.15, 0.2) is 5.82 Å². The van der Waals surface area contributed by atoms with Crippen molar-refractivity contribution in [2.45, 2.75) is 32.2 Å². The fourth-order valence-electron chi connectivity index (χ4n) is 2.88. The number of nitrogens with one attached hydrogen (secondary N) is 2. The van der Waals surface area contributed by atoms with Crippen LogP contribution in [-0.2, 0) is 9.59 Å². The Labute approximate surface area is 138 Å². The monoisotopic (exact) mass is 331 g/mol. The van der Waals surface area contributed by atoms with Gasteiger partial charge in [0.1, 0.15) is 18.3 Å². The average molecular weight is 331 g/mol. The van der Waals surface area contributed by atoms with Crippen LogP contribution in [-0.4, -0.2) is 32.6 Å². The molecule has 126 valence electrons. The first-order chi connectivity index (χ1) is 11.5. The Bertz CT molecular complexity index is 747. The molecule has 1 aliphatic rings. The quantitative estimate of drug-likeness (QED) is 0.837. The first-order valence-corrected chi connectivity index (χ1v) is 7.81. The zero-order valence-electron chi connectivity index (χ0n) is 13.2. The normalized spacial score (nSPS) is 19.9. The number of amides is 2. The standard InChI is InChI=1S/C16H18FN5O2/c1-10-3-2-4-13(10)21-16(24)15(23)20-11-5-6-14(12(17)7-11)22-9-18-8-19-22/h5-10,13H,2-4H2,1H3,(H,20,23)(H,21,24). The number of rotatable bonds is 3. The molecule has 1 heterocycles. The van der Waals surface area contributed by atoms with Crippen molar-refractivity contribution >= 4 is 17.5 Å². The molecule has 0 saturated heterocycles. The number of carbonyl (C=O) groups excluding carboxylic acids is 2. The third kappa shape index (κ3) is 3.42. The Morgan fingerprint density at radius 3 is 2.75 bits per heavy atom. The molecular weight excluding hydrogens is 313 g/mol. The van der Waals surface area contributed by atoms with Crippen LogP contribution >= 0.6 is 0 Å². The van der Waals surface area contributed by atoms with Gasteiger partial charge in [-0.2, -0.15) is 5.10 Å². The van der Waals surface area contributed by atoms with Crippen molar-refractivity contribution in [1.82, 2.24) is 20.1 Å². The second-order valence-electron chi connectivity index (χ2n) is 5.95. The summed E-state index contributed by atoms with van der Waals surface area (Å²) in [4.78, 5) is 27.7. The first kappa shape index (κ1) is 16.1. The van der Waals surface area contributed by atoms with Crippen molar-refractivity contribution in [3.63, 3.8) is 0 Å². The van der Waals surface area contributed by atoms with Gasteiger partial charge < -0.3 is 10.6 Å². The van der Waals surface area contributed by atoms with E-state index in [-0.39, 0.29) is 17.4 Å². The molecule has 3 rings (SSSR count). The van der Waals surface area contributed by atoms with Gasteiger partial charge in [-0.15, -0.1) is 0 Å². The van der Waals surface area contributed by atoms with Crippen molar-refractivity contribution in [2.24, 2.45) is 5.92 Å². The zero-order chi connectivity index (χ0) is 17.1. The highest BCUT2D eigenvalue weighted by Gasteiger charge is 2.27. The van der Waals surface area contributed by atoms with Crippen LogP contribution in [0.1, 0.15) is 26.2 Å². The van der Waals surface area contributed by atoms with Gasteiger partial charge >= 0.3 is 11.8 Å². The molecule has 1 fully saturated rings. The van der Waals surface area contributed by atoms with E-state index in [4.69, 9.17) is 0 Å². The topological polar surface area (TPSA) is 88.9 Å². The summed E-state index contributed by atoms with van der Waals surface area (Å²) in [6.07, 6.45) is 5.63. The third-order valence-corrected chi connectivity index (χ3v) is 4.26. The number of halogens is 1. The molecule has 2 N–H and O–H groups in total. The lowest BCUT2D eigenvalue weighted by Gasteiger charge is -2.16. The highest BCUT2D eigenvalue weighted by molar-refractivity contribution is 6.39. The van der Waals surface area contributed by atoms with Gasteiger partial charge in [0.05, 0.1) is 0 Å². The summed E-state index contributed by atoms with van der Waals surface area (Å²) in [5, 5.41) is 8.98. The molecule has 0 aliphatic heterocycles. The van der Waals surface area contributed by atoms with Crippen molar-refractivity contribution < 1.29 is 14.0 Å². The molecule has 2 aromatic rings. The van der Waals surface area contributed by atoms with E-state index in [1.807, 2.05) is 6.92 Å². The lowest BCUT2D eigenvalue weighted by atomic mass is 10.1. The molecule has 1 aromatic heterocycles. The van der Waals surface area contributed by atoms with Gasteiger partial charge in [0, 0.05) is 11.7 Å². The van der Waals surface area contributed by atoms with Crippen LogP contribution in [0.2, 0.25) is 0 Å². The molecular formula is C16H18FN5O2. The van der Waals surface area contributed by atoms with E-state index >= 15 is 0 Å². The lowest BCUT2D eigenvalue weighted by molar-refractivity contribution is -0.136. The SMILES string of the molecule is CC1CCCC1NC(=O)C(=O)Nc1ccc(-n2cncn2)c(F)c1. The Morgan fingerprint density at radius 2 is 2.12 bits per heavy atom. The van der Waals surface area contributed by atoms with Gasteiger partial charge in [-0.25, -0.2) is 14.1 Å². The van der Waals surface area contributed by atoms with Crippen LogP contribution in [0.3, 0.4) is 0 Å². The number of nitrogens with zero attached hydrogens (tertiary/aromatic N) is 3. The molecule has 1 aliphatic carbocycles. The van der Waals surface area contributed by atoms with Crippen LogP contribution in [0.4, 0.5) is 10.1 Å². The minimum atomic E-state index is -0.804. The van der Waals surface area contributed by atoms with Crippen LogP contribution in [0, 0.1) is 11.7 Å². The number of carbonyl (C=O) groups is 2. The van der Waals surface area contributed by atoms with Crippen LogP contribution in [0.5, 0.6) is 0 Å². The second kappa shape index (κ2) is 6.77. The van der Waals surface area contributed by atoms with Gasteiger partial charge in [0.25, 0.3) is 0 Å². The number of hydrogen-bond acceptors (Lipinski definition) is 4. The van der Waals surface area contributed by atoms with Crippen LogP contribution < -0.4 is 10.6 Å². The maximum atomic E-state index is 14.1. The first-order valence-electron chi connectivity index (χ1n) is 7.81. The summed E-state index contributed by atoms with van der Waals surface area (Å²) in [5.74, 6) is -1.72. The summed E-state index contributed by atoms with van der Waals surface area (Å²) in [6, 6.07) is 4.12. The van der Waals surface area contributed by atoms with E-state index in [9.17, 15) is 14.0 Å². The van der Waals surface area contributed by atoms with Gasteiger partial charge in [-0.3, -0.25) is 9.59 Å².